The van der Waals surface area contributed by atoms with Crippen molar-refractivity contribution in [2.45, 2.75) is 258 Å². The van der Waals surface area contributed by atoms with E-state index >= 15 is 0 Å². The minimum absolute atomic E-state index is 0.0326. The van der Waals surface area contributed by atoms with Gasteiger partial charge in [0.2, 0.25) is 5.91 Å². The lowest BCUT2D eigenvalue weighted by molar-refractivity contribution is -0.870. The van der Waals surface area contributed by atoms with Crippen LogP contribution in [0, 0.1) is 0 Å². The zero-order valence-corrected chi connectivity index (χ0v) is 47.1. The van der Waals surface area contributed by atoms with E-state index in [0.29, 0.717) is 23.9 Å². The Morgan fingerprint density at radius 2 is 0.871 bits per heavy atom. The first-order valence-electron chi connectivity index (χ1n) is 28.7. The van der Waals surface area contributed by atoms with Crippen LogP contribution in [0.2, 0.25) is 0 Å². The number of ether oxygens (including phenoxy) is 1. The number of esters is 1. The molecule has 3 unspecified atom stereocenters. The molecule has 0 fully saturated rings. The van der Waals surface area contributed by atoms with E-state index in [1.165, 1.54) is 116 Å². The molecule has 1 N–H and O–H groups in total. The fraction of sp³-hybridized carbons (Fsp3) is 0.767. The van der Waals surface area contributed by atoms with Gasteiger partial charge in [-0.25, -0.2) is 0 Å². The largest absolute Gasteiger partial charge is 0.756 e. The third-order valence-electron chi connectivity index (χ3n) is 12.4. The summed E-state index contributed by atoms with van der Waals surface area (Å²) in [6.45, 7) is 6.76. The second kappa shape index (κ2) is 50.0. The highest BCUT2D eigenvalue weighted by Crippen LogP contribution is 2.38. The van der Waals surface area contributed by atoms with Crippen LogP contribution in [0.1, 0.15) is 245 Å². The summed E-state index contributed by atoms with van der Waals surface area (Å²) in [6.07, 6.45) is 62.9. The third kappa shape index (κ3) is 50.4. The number of likely N-dealkylation sites (N-methyl/N-ethyl adjacent to an activating group) is 1. The summed E-state index contributed by atoms with van der Waals surface area (Å²) in [4.78, 5) is 39.8. The Morgan fingerprint density at radius 1 is 0.500 bits per heavy atom. The van der Waals surface area contributed by atoms with Crippen molar-refractivity contribution >= 4 is 19.7 Å². The highest BCUT2D eigenvalue weighted by molar-refractivity contribution is 7.45. The maximum absolute atomic E-state index is 13.4. The van der Waals surface area contributed by atoms with E-state index in [2.05, 4.69) is 86.8 Å². The number of carbonyl (C=O) groups excluding carboxylic acids is 2. The van der Waals surface area contributed by atoms with E-state index in [9.17, 15) is 19.0 Å². The van der Waals surface area contributed by atoms with Gasteiger partial charge in [0.1, 0.15) is 19.3 Å². The van der Waals surface area contributed by atoms with Crippen LogP contribution >= 0.6 is 7.82 Å². The molecule has 0 rings (SSSR count). The number of carbonyl (C=O) groups is 2. The molecule has 10 heteroatoms. The number of hydrogen-bond acceptors (Lipinski definition) is 7. The molecule has 0 aromatic carbocycles. The Balaban J connectivity index is 5.42. The molecule has 9 nitrogen and oxygen atoms in total. The van der Waals surface area contributed by atoms with Crippen molar-refractivity contribution < 1.29 is 37.3 Å². The van der Waals surface area contributed by atoms with Crippen molar-refractivity contribution in [2.24, 2.45) is 0 Å². The van der Waals surface area contributed by atoms with Crippen LogP contribution in [-0.4, -0.2) is 69.4 Å². The van der Waals surface area contributed by atoms with Gasteiger partial charge in [-0.1, -0.05) is 203 Å². The number of amides is 1. The molecule has 0 saturated carbocycles. The number of phosphoric ester groups is 1. The van der Waals surface area contributed by atoms with Gasteiger partial charge in [0.05, 0.1) is 33.8 Å². The molecule has 0 aromatic rings. The first-order valence-corrected chi connectivity index (χ1v) is 30.2. The summed E-state index contributed by atoms with van der Waals surface area (Å²) in [5.41, 5.74) is 0. The van der Waals surface area contributed by atoms with E-state index in [1.807, 2.05) is 33.3 Å². The molecule has 1 amide bonds. The first-order chi connectivity index (χ1) is 33.9. The molecule has 0 aliphatic rings. The number of nitrogens with one attached hydrogen (secondary N) is 1. The Bertz CT molecular complexity index is 1430. The maximum atomic E-state index is 13.4. The highest BCUT2D eigenvalue weighted by Gasteiger charge is 2.27. The predicted octanol–water partition coefficient (Wildman–Crippen LogP) is 16.6. The van der Waals surface area contributed by atoms with Gasteiger partial charge in [-0.05, 0) is 102 Å². The van der Waals surface area contributed by atoms with Gasteiger partial charge in [-0.3, -0.25) is 14.2 Å². The van der Waals surface area contributed by atoms with Gasteiger partial charge in [-0.15, -0.1) is 0 Å². The van der Waals surface area contributed by atoms with Crippen LogP contribution in [0.25, 0.3) is 0 Å². The summed E-state index contributed by atoms with van der Waals surface area (Å²) < 4.78 is 30.2. The number of phosphoric acid groups is 1. The molecule has 0 radical (unpaired) electrons. The first kappa shape index (κ1) is 67.5. The fourth-order valence-corrected chi connectivity index (χ4v) is 8.57. The normalized spacial score (nSPS) is 14.3. The predicted molar refractivity (Wildman–Crippen MR) is 298 cm³/mol. The lowest BCUT2D eigenvalue weighted by Crippen LogP contribution is -2.47. The summed E-state index contributed by atoms with van der Waals surface area (Å²) in [6, 6.07) is -0.910. The average Bonchev–Trinajstić information content (AvgIpc) is 3.32. The molecule has 0 bridgehead atoms. The van der Waals surface area contributed by atoms with Gasteiger partial charge in [0.25, 0.3) is 7.82 Å². The quantitative estimate of drug-likeness (QED) is 0.0212. The monoisotopic (exact) mass is 1000 g/mol. The van der Waals surface area contributed by atoms with Gasteiger partial charge < -0.3 is 28.5 Å². The molecule has 0 aliphatic heterocycles. The van der Waals surface area contributed by atoms with E-state index in [-0.39, 0.29) is 31.3 Å². The Hall–Kier alpha value is -2.55. The number of quaternary nitrogens is 1. The van der Waals surface area contributed by atoms with Crippen molar-refractivity contribution in [3.63, 3.8) is 0 Å². The second-order valence-electron chi connectivity index (χ2n) is 20.4. The van der Waals surface area contributed by atoms with Crippen molar-refractivity contribution in [1.82, 2.24) is 5.32 Å². The third-order valence-corrected chi connectivity index (χ3v) is 13.3. The Labute approximate surface area is 432 Å². The van der Waals surface area contributed by atoms with Gasteiger partial charge in [-0.2, -0.15) is 0 Å². The lowest BCUT2D eigenvalue weighted by atomic mass is 10.1. The second-order valence-corrected chi connectivity index (χ2v) is 21.8. The minimum atomic E-state index is -4.71. The van der Waals surface area contributed by atoms with Gasteiger partial charge >= 0.3 is 5.97 Å². The number of hydrogen-bond donors (Lipinski definition) is 1. The number of nitrogens with zero attached hydrogens (tertiary/aromatic N) is 1. The van der Waals surface area contributed by atoms with Crippen LogP contribution in [0.15, 0.2) is 72.9 Å². The van der Waals surface area contributed by atoms with Crippen molar-refractivity contribution in [1.29, 1.82) is 0 Å². The van der Waals surface area contributed by atoms with Crippen molar-refractivity contribution in [2.75, 3.05) is 40.9 Å². The Morgan fingerprint density at radius 3 is 1.34 bits per heavy atom. The topological polar surface area (TPSA) is 114 Å². The van der Waals surface area contributed by atoms with Crippen molar-refractivity contribution in [3.8, 4) is 0 Å². The van der Waals surface area contributed by atoms with Crippen LogP contribution in [-0.2, 0) is 27.9 Å². The summed E-state index contributed by atoms with van der Waals surface area (Å²) >= 11 is 0. The summed E-state index contributed by atoms with van der Waals surface area (Å²) in [5, 5.41) is 3.00. The highest BCUT2D eigenvalue weighted by atomic mass is 31.2. The molecule has 0 aliphatic carbocycles. The standard InChI is InChI=1S/C60H109N2O7P/c1-7-10-13-16-19-22-25-28-29-30-31-32-33-35-38-41-44-47-50-53-60(64)69-58(51-48-45-42-39-36-27-24-21-18-15-12-9-3)57(56-68-70(65,66)67-55-54-62(4,5)6)61-59(63)52-49-46-43-40-37-34-26-23-20-17-14-11-8-2/h19,22,28-29,31-32,34-35,37-38,48,51,57-58H,7-18,20-21,23-27,30,33,36,39-47,49-50,52-56H2,1-6H3,(H-,61,63,65,66)/b22-19-,29-28-,32-31-,37-34-,38-35-,51-48-. The molecule has 0 aromatic heterocycles. The van der Waals surface area contributed by atoms with Crippen LogP contribution in [0.4, 0.5) is 0 Å². The smallest absolute Gasteiger partial charge is 0.306 e. The van der Waals surface area contributed by atoms with Crippen LogP contribution in [0.3, 0.4) is 0 Å². The van der Waals surface area contributed by atoms with E-state index in [4.69, 9.17) is 13.8 Å². The van der Waals surface area contributed by atoms with Gasteiger partial charge in [0, 0.05) is 12.8 Å². The SMILES string of the molecule is CCCCC/C=C\C/C=C\C/C=C\C/C=C\CCCCCC(=O)OC(/C=C\CCCCCCCCCCCC)C(COP(=O)([O-])OCC[N+](C)(C)C)NC(=O)CCCCC/C=C\CCCCCCCC. The van der Waals surface area contributed by atoms with Crippen LogP contribution in [0.5, 0.6) is 0 Å². The molecule has 406 valence electrons. The zero-order valence-electron chi connectivity index (χ0n) is 46.2. The molecular formula is C60H109N2O7P. The maximum Gasteiger partial charge on any atom is 0.306 e. The van der Waals surface area contributed by atoms with Crippen LogP contribution < -0.4 is 10.2 Å². The molecular weight excluding hydrogens is 892 g/mol. The average molecular weight is 1000 g/mol. The zero-order chi connectivity index (χ0) is 51.5. The van der Waals surface area contributed by atoms with E-state index < -0.39 is 26.6 Å². The van der Waals surface area contributed by atoms with Gasteiger partial charge in [0.15, 0.2) is 0 Å². The van der Waals surface area contributed by atoms with E-state index in [0.717, 1.165) is 83.5 Å². The fourth-order valence-electron chi connectivity index (χ4n) is 7.85. The molecule has 0 heterocycles. The number of allylic oxidation sites excluding steroid dienone is 11. The summed E-state index contributed by atoms with van der Waals surface area (Å²) in [5.74, 6) is -0.598. The molecule has 70 heavy (non-hydrogen) atoms. The van der Waals surface area contributed by atoms with E-state index in [1.54, 1.807) is 0 Å². The Kier molecular flexibility index (Phi) is 48.2. The van der Waals surface area contributed by atoms with Crippen molar-refractivity contribution in [3.05, 3.63) is 72.9 Å². The molecule has 0 spiro atoms. The number of rotatable bonds is 51. The lowest BCUT2D eigenvalue weighted by Gasteiger charge is -2.30. The molecule has 0 saturated heterocycles. The molecule has 3 atom stereocenters. The summed E-state index contributed by atoms with van der Waals surface area (Å²) in [7, 11) is 1.15. The number of unbranched alkanes of at least 4 members (excludes halogenated alkanes) is 25. The minimum Gasteiger partial charge on any atom is -0.756 e.